The molecule has 3 aromatic rings. The summed E-state index contributed by atoms with van der Waals surface area (Å²) in [6.07, 6.45) is 2.41. The zero-order chi connectivity index (χ0) is 29.5. The van der Waals surface area contributed by atoms with Gasteiger partial charge in [-0.1, -0.05) is 48.5 Å². The molecule has 1 aliphatic heterocycles. The summed E-state index contributed by atoms with van der Waals surface area (Å²) in [5.41, 5.74) is 14.1. The third-order valence-electron chi connectivity index (χ3n) is 7.21. The number of aromatic nitrogens is 1. The van der Waals surface area contributed by atoms with Crippen molar-refractivity contribution in [3.05, 3.63) is 71.9 Å². The summed E-state index contributed by atoms with van der Waals surface area (Å²) in [4.78, 5) is 67.7. The van der Waals surface area contributed by atoms with Gasteiger partial charge >= 0.3 is 5.97 Å². The Hall–Kier alpha value is -4.71. The van der Waals surface area contributed by atoms with Crippen molar-refractivity contribution in [2.75, 3.05) is 6.54 Å². The molecule has 1 fully saturated rings. The standard InChI is InChI=1S/C29H34N6O6/c30-20(14-18-16-32-21-10-5-4-9-19(18)21)28(39)35-12-6-11-24(35)27(38)33-22(15-25(31)36)26(37)34-23(29(40)41)13-17-7-2-1-3-8-17/h1-5,7-10,16,20,22-24,32H,6,11-15,30H2,(H2,31,36)(H,33,38)(H,34,37)(H,40,41). The largest absolute Gasteiger partial charge is 0.480 e. The second kappa shape index (κ2) is 13.1. The molecule has 0 spiro atoms. The van der Waals surface area contributed by atoms with Crippen LogP contribution in [0, 0.1) is 0 Å². The zero-order valence-corrected chi connectivity index (χ0v) is 22.4. The number of rotatable bonds is 12. The number of hydrogen-bond donors (Lipinski definition) is 6. The van der Waals surface area contributed by atoms with Gasteiger partial charge in [-0.3, -0.25) is 19.2 Å². The van der Waals surface area contributed by atoms with Gasteiger partial charge in [0.15, 0.2) is 0 Å². The number of primary amides is 1. The monoisotopic (exact) mass is 562 g/mol. The van der Waals surface area contributed by atoms with Crippen molar-refractivity contribution in [3.63, 3.8) is 0 Å². The number of carboxylic acid groups (broad SMARTS) is 1. The van der Waals surface area contributed by atoms with Gasteiger partial charge in [0.2, 0.25) is 23.6 Å². The predicted octanol–water partition coefficient (Wildman–Crippen LogP) is 0.201. The van der Waals surface area contributed by atoms with E-state index in [1.54, 1.807) is 36.5 Å². The number of nitrogens with one attached hydrogen (secondary N) is 3. The minimum Gasteiger partial charge on any atom is -0.480 e. The first-order valence-corrected chi connectivity index (χ1v) is 13.4. The second-order valence-electron chi connectivity index (χ2n) is 10.2. The predicted molar refractivity (Wildman–Crippen MR) is 150 cm³/mol. The maximum atomic E-state index is 13.3. The Morgan fingerprint density at radius 1 is 0.976 bits per heavy atom. The maximum absolute atomic E-state index is 13.3. The fourth-order valence-corrected chi connectivity index (χ4v) is 5.14. The van der Waals surface area contributed by atoms with Gasteiger partial charge in [-0.2, -0.15) is 0 Å². The van der Waals surface area contributed by atoms with Crippen LogP contribution in [0.3, 0.4) is 0 Å². The van der Waals surface area contributed by atoms with E-state index in [9.17, 15) is 29.1 Å². The molecule has 4 amide bonds. The number of aliphatic carboxylic acids is 1. The van der Waals surface area contributed by atoms with Crippen molar-refractivity contribution >= 4 is 40.5 Å². The lowest BCUT2D eigenvalue weighted by atomic mass is 10.0. The molecule has 41 heavy (non-hydrogen) atoms. The van der Waals surface area contributed by atoms with Crippen molar-refractivity contribution in [1.29, 1.82) is 0 Å². The SMILES string of the molecule is NC(=O)CC(NC(=O)C1CCCN1C(=O)C(N)Cc1c[nH]c2ccccc12)C(=O)NC(Cc1ccccc1)C(=O)O. The van der Waals surface area contributed by atoms with Gasteiger partial charge in [-0.05, 0) is 36.5 Å². The highest BCUT2D eigenvalue weighted by atomic mass is 16.4. The first kappa shape index (κ1) is 29.3. The molecular formula is C29H34N6O6. The van der Waals surface area contributed by atoms with Crippen LogP contribution in [0.2, 0.25) is 0 Å². The third-order valence-corrected chi connectivity index (χ3v) is 7.21. The van der Waals surface area contributed by atoms with Crippen LogP contribution in [-0.4, -0.2) is 75.3 Å². The number of fused-ring (bicyclic) bond motifs is 1. The van der Waals surface area contributed by atoms with E-state index in [4.69, 9.17) is 11.5 Å². The summed E-state index contributed by atoms with van der Waals surface area (Å²) in [5, 5.41) is 15.5. The van der Waals surface area contributed by atoms with Crippen LogP contribution >= 0.6 is 0 Å². The first-order chi connectivity index (χ1) is 19.6. The van der Waals surface area contributed by atoms with Crippen LogP contribution in [0.5, 0.6) is 0 Å². The normalized spacial score (nSPS) is 17.0. The number of carbonyl (C=O) groups is 5. The average molecular weight is 563 g/mol. The smallest absolute Gasteiger partial charge is 0.326 e. The van der Waals surface area contributed by atoms with E-state index in [2.05, 4.69) is 15.6 Å². The maximum Gasteiger partial charge on any atom is 0.326 e. The average Bonchev–Trinajstić information content (AvgIpc) is 3.60. The van der Waals surface area contributed by atoms with E-state index < -0.39 is 60.2 Å². The van der Waals surface area contributed by atoms with Crippen molar-refractivity contribution in [2.24, 2.45) is 11.5 Å². The number of amides is 4. The quantitative estimate of drug-likeness (QED) is 0.181. The number of carbonyl (C=O) groups excluding carboxylic acids is 4. The van der Waals surface area contributed by atoms with Crippen molar-refractivity contribution < 1.29 is 29.1 Å². The molecule has 8 N–H and O–H groups in total. The number of nitrogens with zero attached hydrogens (tertiary/aromatic N) is 1. The third kappa shape index (κ3) is 7.28. The lowest BCUT2D eigenvalue weighted by Gasteiger charge is -2.28. The van der Waals surface area contributed by atoms with Gasteiger partial charge in [0, 0.05) is 30.1 Å². The van der Waals surface area contributed by atoms with E-state index in [0.717, 1.165) is 16.5 Å². The minimum atomic E-state index is -1.42. The van der Waals surface area contributed by atoms with E-state index in [1.807, 2.05) is 24.3 Å². The number of carboxylic acids is 1. The molecule has 0 bridgehead atoms. The second-order valence-corrected chi connectivity index (χ2v) is 10.2. The fraction of sp³-hybridized carbons (Fsp3) is 0.345. The summed E-state index contributed by atoms with van der Waals surface area (Å²) in [7, 11) is 0. The Balaban J connectivity index is 1.42. The molecule has 1 aliphatic rings. The fourth-order valence-electron chi connectivity index (χ4n) is 5.14. The molecule has 12 nitrogen and oxygen atoms in total. The molecule has 2 heterocycles. The molecule has 12 heteroatoms. The molecule has 4 unspecified atom stereocenters. The van der Waals surface area contributed by atoms with Crippen molar-refractivity contribution in [2.45, 2.75) is 56.3 Å². The minimum absolute atomic E-state index is 0.00161. The number of aromatic amines is 1. The number of hydrogen-bond acceptors (Lipinski definition) is 6. The van der Waals surface area contributed by atoms with Crippen LogP contribution in [0.1, 0.15) is 30.4 Å². The van der Waals surface area contributed by atoms with E-state index >= 15 is 0 Å². The summed E-state index contributed by atoms with van der Waals surface area (Å²) < 4.78 is 0. The molecule has 1 aromatic heterocycles. The number of benzene rings is 2. The van der Waals surface area contributed by atoms with Crippen LogP contribution in [-0.2, 0) is 36.8 Å². The van der Waals surface area contributed by atoms with Gasteiger partial charge in [0.1, 0.15) is 18.1 Å². The van der Waals surface area contributed by atoms with Crippen molar-refractivity contribution in [1.82, 2.24) is 20.5 Å². The number of H-pyrrole nitrogens is 1. The zero-order valence-electron chi connectivity index (χ0n) is 22.4. The molecule has 0 radical (unpaired) electrons. The van der Waals surface area contributed by atoms with E-state index in [1.165, 1.54) is 4.90 Å². The molecule has 216 valence electrons. The number of para-hydroxylation sites is 1. The molecule has 0 saturated carbocycles. The Morgan fingerprint density at radius 3 is 2.39 bits per heavy atom. The topological polar surface area (TPSA) is 201 Å². The number of likely N-dealkylation sites (tertiary alicyclic amines) is 1. The summed E-state index contributed by atoms with van der Waals surface area (Å²) in [6, 6.07) is 11.8. The van der Waals surface area contributed by atoms with Gasteiger partial charge in [0.05, 0.1) is 12.5 Å². The van der Waals surface area contributed by atoms with Gasteiger partial charge in [0.25, 0.3) is 0 Å². The van der Waals surface area contributed by atoms with Crippen LogP contribution in [0.4, 0.5) is 0 Å². The molecule has 0 aliphatic carbocycles. The van der Waals surface area contributed by atoms with E-state index in [-0.39, 0.29) is 12.8 Å². The highest BCUT2D eigenvalue weighted by Crippen LogP contribution is 2.22. The van der Waals surface area contributed by atoms with Gasteiger partial charge < -0.3 is 37.1 Å². The van der Waals surface area contributed by atoms with Crippen LogP contribution < -0.4 is 22.1 Å². The Kier molecular flexibility index (Phi) is 9.35. The van der Waals surface area contributed by atoms with Crippen LogP contribution in [0.25, 0.3) is 10.9 Å². The Bertz CT molecular complexity index is 1420. The summed E-state index contributed by atoms with van der Waals surface area (Å²) in [6.45, 7) is 0.309. The molecule has 2 aromatic carbocycles. The van der Waals surface area contributed by atoms with Gasteiger partial charge in [-0.25, -0.2) is 4.79 Å². The number of nitrogens with two attached hydrogens (primary N) is 2. The lowest BCUT2D eigenvalue weighted by Crippen LogP contribution is -2.57. The Labute approximate surface area is 236 Å². The molecule has 1 saturated heterocycles. The summed E-state index contributed by atoms with van der Waals surface area (Å²) in [5.74, 6) is -4.06. The highest BCUT2D eigenvalue weighted by Gasteiger charge is 2.38. The Morgan fingerprint density at radius 2 is 1.68 bits per heavy atom. The molecule has 4 rings (SSSR count). The lowest BCUT2D eigenvalue weighted by molar-refractivity contribution is -0.143. The first-order valence-electron chi connectivity index (χ1n) is 13.4. The van der Waals surface area contributed by atoms with Crippen LogP contribution in [0.15, 0.2) is 60.8 Å². The molecular weight excluding hydrogens is 528 g/mol. The van der Waals surface area contributed by atoms with Gasteiger partial charge in [-0.15, -0.1) is 0 Å². The van der Waals surface area contributed by atoms with Crippen molar-refractivity contribution in [3.8, 4) is 0 Å². The highest BCUT2D eigenvalue weighted by molar-refractivity contribution is 5.96. The molecule has 4 atom stereocenters. The summed E-state index contributed by atoms with van der Waals surface area (Å²) >= 11 is 0. The van der Waals surface area contributed by atoms with E-state index in [0.29, 0.717) is 24.9 Å².